The number of amides is 2. The zero-order chi connectivity index (χ0) is 21.1. The van der Waals surface area contributed by atoms with Crippen LogP contribution in [0.5, 0.6) is 5.75 Å². The summed E-state index contributed by atoms with van der Waals surface area (Å²) in [5.41, 5.74) is 6.20. The number of carbonyl (C=O) groups is 2. The highest BCUT2D eigenvalue weighted by atomic mass is 19.1. The number of nitrogens with two attached hydrogens (primary N) is 1. The predicted octanol–water partition coefficient (Wildman–Crippen LogP) is 1.34. The van der Waals surface area contributed by atoms with Crippen molar-refractivity contribution < 1.29 is 23.8 Å². The third kappa shape index (κ3) is 4.04. The second-order valence-corrected chi connectivity index (χ2v) is 6.26. The number of ether oxygens (including phenoxy) is 1. The third-order valence-corrected chi connectivity index (χ3v) is 4.20. The summed E-state index contributed by atoms with van der Waals surface area (Å²) < 4.78 is 21.1. The van der Waals surface area contributed by atoms with Crippen molar-refractivity contribution in [2.75, 3.05) is 18.5 Å². The number of nitrogens with zero attached hydrogens (tertiary/aromatic N) is 3. The van der Waals surface area contributed by atoms with Crippen LogP contribution < -0.4 is 15.8 Å². The van der Waals surface area contributed by atoms with Crippen LogP contribution in [0.2, 0.25) is 0 Å². The Morgan fingerprint density at radius 2 is 2.17 bits per heavy atom. The fourth-order valence-electron chi connectivity index (χ4n) is 2.82. The Hall–Kier alpha value is -3.47. The molecule has 0 saturated heterocycles. The van der Waals surface area contributed by atoms with Crippen molar-refractivity contribution >= 4 is 28.8 Å². The van der Waals surface area contributed by atoms with Crippen molar-refractivity contribution in [1.82, 2.24) is 19.7 Å². The first-order valence-electron chi connectivity index (χ1n) is 8.97. The van der Waals surface area contributed by atoms with Gasteiger partial charge in [0.25, 0.3) is 5.91 Å². The van der Waals surface area contributed by atoms with Gasteiger partial charge in [-0.1, -0.05) is 0 Å². The molecular formula is C18H21FN6O4. The van der Waals surface area contributed by atoms with Gasteiger partial charge >= 0.3 is 0 Å². The normalized spacial score (nSPS) is 11.0. The van der Waals surface area contributed by atoms with Crippen LogP contribution in [-0.4, -0.2) is 49.9 Å². The summed E-state index contributed by atoms with van der Waals surface area (Å²) in [5, 5.41) is 15.4. The first-order chi connectivity index (χ1) is 13.8. The number of aromatic nitrogens is 4. The highest BCUT2D eigenvalue weighted by molar-refractivity contribution is 6.04. The fourth-order valence-corrected chi connectivity index (χ4v) is 2.82. The van der Waals surface area contributed by atoms with Gasteiger partial charge in [-0.15, -0.1) is 0 Å². The number of imidazole rings is 1. The number of carbonyl (C=O) groups excluding carboxylic acids is 2. The van der Waals surface area contributed by atoms with E-state index in [4.69, 9.17) is 15.6 Å². The molecule has 11 heteroatoms. The second kappa shape index (κ2) is 8.27. The molecule has 2 heterocycles. The largest absolute Gasteiger partial charge is 0.491 e. The molecule has 3 aromatic rings. The highest BCUT2D eigenvalue weighted by Crippen LogP contribution is 2.28. The average molecular weight is 404 g/mol. The van der Waals surface area contributed by atoms with Crippen molar-refractivity contribution in [1.29, 1.82) is 0 Å². The van der Waals surface area contributed by atoms with E-state index in [-0.39, 0.29) is 41.9 Å². The van der Waals surface area contributed by atoms with Crippen LogP contribution in [0.4, 0.5) is 10.3 Å². The summed E-state index contributed by atoms with van der Waals surface area (Å²) in [4.78, 5) is 31.3. The maximum absolute atomic E-state index is 14.3. The molecule has 0 radical (unpaired) electrons. The molecule has 0 atom stereocenters. The molecule has 0 bridgehead atoms. The van der Waals surface area contributed by atoms with Crippen LogP contribution in [0.25, 0.3) is 11.0 Å². The number of rotatable bonds is 8. The first kappa shape index (κ1) is 20.3. The SMILES string of the molecule is CCn1nc(C)c(F)c1C(=O)Nc1nc2c(OCCCO)cc(C(N)=O)cc2[nH]1. The molecule has 29 heavy (non-hydrogen) atoms. The van der Waals surface area contributed by atoms with Gasteiger partial charge in [0.15, 0.2) is 11.5 Å². The second-order valence-electron chi connectivity index (χ2n) is 6.26. The summed E-state index contributed by atoms with van der Waals surface area (Å²) in [6.07, 6.45) is 0.385. The number of fused-ring (bicyclic) bond motifs is 1. The molecule has 2 amide bonds. The lowest BCUT2D eigenvalue weighted by atomic mass is 10.2. The lowest BCUT2D eigenvalue weighted by Gasteiger charge is -2.07. The Labute approximate surface area is 164 Å². The lowest BCUT2D eigenvalue weighted by Crippen LogP contribution is -2.19. The maximum atomic E-state index is 14.3. The third-order valence-electron chi connectivity index (χ3n) is 4.20. The number of aliphatic hydroxyl groups excluding tert-OH is 1. The molecule has 0 aliphatic rings. The van der Waals surface area contributed by atoms with Gasteiger partial charge in [-0.3, -0.25) is 19.6 Å². The number of H-pyrrole nitrogens is 1. The van der Waals surface area contributed by atoms with Crippen LogP contribution in [0.3, 0.4) is 0 Å². The standard InChI is InChI=1S/C18H21FN6O4/c1-3-25-15(13(19)9(2)24-25)17(28)23-18-21-11-7-10(16(20)27)8-12(14(11)22-18)29-6-4-5-26/h7-8,26H,3-6H2,1-2H3,(H2,20,27)(H2,21,22,23,28). The predicted molar refractivity (Wildman–Crippen MR) is 102 cm³/mol. The number of aliphatic hydroxyl groups is 1. The molecule has 0 aliphatic carbocycles. The number of halogens is 1. The van der Waals surface area contributed by atoms with E-state index in [1.54, 1.807) is 6.92 Å². The summed E-state index contributed by atoms with van der Waals surface area (Å²) >= 11 is 0. The van der Waals surface area contributed by atoms with Crippen LogP contribution in [-0.2, 0) is 6.54 Å². The zero-order valence-corrected chi connectivity index (χ0v) is 16.0. The topological polar surface area (TPSA) is 148 Å². The lowest BCUT2D eigenvalue weighted by molar-refractivity contribution is 0.0994. The molecule has 154 valence electrons. The minimum atomic E-state index is -0.720. The molecule has 1 aromatic carbocycles. The number of anilines is 1. The van der Waals surface area contributed by atoms with Gasteiger partial charge in [-0.05, 0) is 26.0 Å². The Morgan fingerprint density at radius 1 is 1.41 bits per heavy atom. The van der Waals surface area contributed by atoms with Gasteiger partial charge in [0, 0.05) is 25.1 Å². The van der Waals surface area contributed by atoms with Crippen LogP contribution in [0, 0.1) is 12.7 Å². The molecule has 0 fully saturated rings. The Kier molecular flexibility index (Phi) is 5.78. The van der Waals surface area contributed by atoms with Crippen molar-refractivity contribution in [2.45, 2.75) is 26.8 Å². The summed E-state index contributed by atoms with van der Waals surface area (Å²) in [5.74, 6) is -1.78. The zero-order valence-electron chi connectivity index (χ0n) is 16.0. The minimum Gasteiger partial charge on any atom is -0.491 e. The quantitative estimate of drug-likeness (QED) is 0.416. The Balaban J connectivity index is 1.95. The molecule has 0 aliphatic heterocycles. The Bertz CT molecular complexity index is 1070. The number of primary amides is 1. The number of hydrogen-bond donors (Lipinski definition) is 4. The van der Waals surface area contributed by atoms with Gasteiger partial charge in [0.05, 0.1) is 17.8 Å². The molecule has 2 aromatic heterocycles. The molecule has 3 rings (SSSR count). The van der Waals surface area contributed by atoms with Crippen molar-refractivity contribution in [3.63, 3.8) is 0 Å². The van der Waals surface area contributed by atoms with Gasteiger partial charge in [0.1, 0.15) is 11.3 Å². The van der Waals surface area contributed by atoms with Gasteiger partial charge < -0.3 is 20.6 Å². The van der Waals surface area contributed by atoms with E-state index in [0.717, 1.165) is 0 Å². The maximum Gasteiger partial charge on any atom is 0.279 e. The summed E-state index contributed by atoms with van der Waals surface area (Å²) in [7, 11) is 0. The molecule has 5 N–H and O–H groups in total. The van der Waals surface area contributed by atoms with E-state index in [1.807, 2.05) is 0 Å². The van der Waals surface area contributed by atoms with Gasteiger partial charge in [-0.25, -0.2) is 9.37 Å². The Morgan fingerprint density at radius 3 is 2.83 bits per heavy atom. The molecule has 0 saturated carbocycles. The fraction of sp³-hybridized carbons (Fsp3) is 0.333. The minimum absolute atomic E-state index is 0.0412. The number of aryl methyl sites for hydroxylation is 2. The van der Waals surface area contributed by atoms with Gasteiger partial charge in [-0.2, -0.15) is 5.10 Å². The van der Waals surface area contributed by atoms with E-state index in [9.17, 15) is 14.0 Å². The number of benzene rings is 1. The number of hydrogen-bond acceptors (Lipinski definition) is 6. The van der Waals surface area contributed by atoms with Crippen molar-refractivity contribution in [3.05, 3.63) is 34.9 Å². The van der Waals surface area contributed by atoms with E-state index in [1.165, 1.54) is 23.7 Å². The van der Waals surface area contributed by atoms with Crippen molar-refractivity contribution in [3.8, 4) is 5.75 Å². The molecular weight excluding hydrogens is 383 g/mol. The van der Waals surface area contributed by atoms with E-state index in [2.05, 4.69) is 20.4 Å². The molecule has 0 unspecified atom stereocenters. The molecule has 0 spiro atoms. The van der Waals surface area contributed by atoms with Crippen molar-refractivity contribution in [2.24, 2.45) is 5.73 Å². The smallest absolute Gasteiger partial charge is 0.279 e. The van der Waals surface area contributed by atoms with E-state index >= 15 is 0 Å². The highest BCUT2D eigenvalue weighted by Gasteiger charge is 2.23. The summed E-state index contributed by atoms with van der Waals surface area (Å²) in [6.45, 7) is 3.67. The first-order valence-corrected chi connectivity index (χ1v) is 8.97. The monoisotopic (exact) mass is 404 g/mol. The number of nitrogens with one attached hydrogen (secondary N) is 2. The summed E-state index contributed by atoms with van der Waals surface area (Å²) in [6, 6.07) is 2.91. The van der Waals surface area contributed by atoms with Crippen LogP contribution in [0.1, 0.15) is 39.9 Å². The van der Waals surface area contributed by atoms with Crippen LogP contribution >= 0.6 is 0 Å². The molecule has 10 nitrogen and oxygen atoms in total. The van der Waals surface area contributed by atoms with E-state index in [0.29, 0.717) is 24.0 Å². The average Bonchev–Trinajstić information content (AvgIpc) is 3.21. The van der Waals surface area contributed by atoms with Crippen LogP contribution in [0.15, 0.2) is 12.1 Å². The van der Waals surface area contributed by atoms with Gasteiger partial charge in [0.2, 0.25) is 11.9 Å². The van der Waals surface area contributed by atoms with E-state index < -0.39 is 17.6 Å². The number of aromatic amines is 1.